The van der Waals surface area contributed by atoms with Crippen molar-refractivity contribution in [1.29, 1.82) is 0 Å². The zero-order chi connectivity index (χ0) is 15.3. The van der Waals surface area contributed by atoms with E-state index in [1.54, 1.807) is 4.98 Å². The quantitative estimate of drug-likeness (QED) is 0.875. The molecule has 1 rings (SSSR count). The Morgan fingerprint density at radius 1 is 1.30 bits per heavy atom. The second kappa shape index (κ2) is 6.58. The van der Waals surface area contributed by atoms with Gasteiger partial charge in [0.1, 0.15) is 11.3 Å². The number of pyridine rings is 1. The Morgan fingerprint density at radius 2 is 1.90 bits per heavy atom. The van der Waals surface area contributed by atoms with Crippen molar-refractivity contribution in [3.63, 3.8) is 0 Å². The molecule has 1 aromatic rings. The fourth-order valence-corrected chi connectivity index (χ4v) is 1.73. The fraction of sp³-hybridized carbons (Fsp3) is 0.538. The van der Waals surface area contributed by atoms with Crippen LogP contribution in [0.15, 0.2) is 16.9 Å². The first kappa shape index (κ1) is 16.3. The van der Waals surface area contributed by atoms with Gasteiger partial charge in [-0.15, -0.1) is 0 Å². The lowest BCUT2D eigenvalue weighted by atomic mass is 10.0. The van der Waals surface area contributed by atoms with Crippen LogP contribution in [0, 0.1) is 5.92 Å². The van der Waals surface area contributed by atoms with E-state index in [1.165, 1.54) is 0 Å². The normalized spacial score (nSPS) is 11.7. The molecule has 2 N–H and O–H groups in total. The van der Waals surface area contributed by atoms with E-state index >= 15 is 0 Å². The molecule has 0 saturated heterocycles. The van der Waals surface area contributed by atoms with Gasteiger partial charge in [-0.2, -0.15) is 13.2 Å². The summed E-state index contributed by atoms with van der Waals surface area (Å²) in [5, 5.41) is 2.56. The maximum atomic E-state index is 12.4. The maximum Gasteiger partial charge on any atom is 0.431 e. The van der Waals surface area contributed by atoms with E-state index in [-0.39, 0.29) is 11.5 Å². The highest BCUT2D eigenvalue weighted by molar-refractivity contribution is 5.93. The Kier molecular flexibility index (Phi) is 5.35. The van der Waals surface area contributed by atoms with Gasteiger partial charge >= 0.3 is 6.18 Å². The SMILES string of the molecule is CCC(CC)CNC(=O)c1ccc(C(F)(F)F)[nH]c1=O. The summed E-state index contributed by atoms with van der Waals surface area (Å²) in [4.78, 5) is 24.9. The Hall–Kier alpha value is -1.79. The van der Waals surface area contributed by atoms with Gasteiger partial charge in [-0.1, -0.05) is 26.7 Å². The Balaban J connectivity index is 2.82. The third kappa shape index (κ3) is 4.11. The van der Waals surface area contributed by atoms with E-state index < -0.39 is 23.3 Å². The third-order valence-electron chi connectivity index (χ3n) is 3.17. The smallest absolute Gasteiger partial charge is 0.352 e. The van der Waals surface area contributed by atoms with Crippen molar-refractivity contribution in [2.24, 2.45) is 5.92 Å². The number of carbonyl (C=O) groups excluding carboxylic acids is 1. The molecule has 7 heteroatoms. The number of aromatic nitrogens is 1. The summed E-state index contributed by atoms with van der Waals surface area (Å²) in [6.07, 6.45) is -2.88. The molecular weight excluding hydrogens is 273 g/mol. The molecule has 0 atom stereocenters. The molecule has 0 unspecified atom stereocenters. The van der Waals surface area contributed by atoms with Crippen LogP contribution in [0.25, 0.3) is 0 Å². The van der Waals surface area contributed by atoms with Crippen molar-refractivity contribution >= 4 is 5.91 Å². The first-order valence-electron chi connectivity index (χ1n) is 6.38. The Morgan fingerprint density at radius 3 is 2.35 bits per heavy atom. The molecule has 0 fully saturated rings. The van der Waals surface area contributed by atoms with Gasteiger partial charge in [0.25, 0.3) is 11.5 Å². The summed E-state index contributed by atoms with van der Waals surface area (Å²) in [6.45, 7) is 4.35. The number of hydrogen-bond donors (Lipinski definition) is 2. The largest absolute Gasteiger partial charge is 0.431 e. The van der Waals surface area contributed by atoms with Crippen molar-refractivity contribution in [3.05, 3.63) is 33.7 Å². The predicted octanol–water partition coefficient (Wildman–Crippen LogP) is 2.56. The van der Waals surface area contributed by atoms with Crippen molar-refractivity contribution in [2.45, 2.75) is 32.9 Å². The number of amides is 1. The average molecular weight is 290 g/mol. The van der Waals surface area contributed by atoms with Crippen LogP contribution >= 0.6 is 0 Å². The number of hydrogen-bond acceptors (Lipinski definition) is 2. The monoisotopic (exact) mass is 290 g/mol. The molecule has 0 saturated carbocycles. The number of aromatic amines is 1. The number of halogens is 3. The molecule has 112 valence electrons. The first-order valence-corrected chi connectivity index (χ1v) is 6.38. The predicted molar refractivity (Wildman–Crippen MR) is 68.5 cm³/mol. The van der Waals surface area contributed by atoms with Gasteiger partial charge in [-0.3, -0.25) is 9.59 Å². The fourth-order valence-electron chi connectivity index (χ4n) is 1.73. The van der Waals surface area contributed by atoms with Crippen LogP contribution in [0.5, 0.6) is 0 Å². The molecule has 1 aromatic heterocycles. The second-order valence-corrected chi connectivity index (χ2v) is 4.51. The summed E-state index contributed by atoms with van der Waals surface area (Å²) >= 11 is 0. The molecule has 0 aromatic carbocycles. The van der Waals surface area contributed by atoms with Crippen LogP contribution in [0.2, 0.25) is 0 Å². The summed E-state index contributed by atoms with van der Waals surface area (Å²) in [5.41, 5.74) is -2.52. The third-order valence-corrected chi connectivity index (χ3v) is 3.17. The molecule has 0 aliphatic heterocycles. The van der Waals surface area contributed by atoms with Crippen LogP contribution in [0.3, 0.4) is 0 Å². The molecule has 0 bridgehead atoms. The average Bonchev–Trinajstić information content (AvgIpc) is 2.38. The molecule has 0 aliphatic rings. The van der Waals surface area contributed by atoms with E-state index in [9.17, 15) is 22.8 Å². The molecule has 0 radical (unpaired) electrons. The molecule has 4 nitrogen and oxygen atoms in total. The van der Waals surface area contributed by atoms with Crippen LogP contribution in [0.1, 0.15) is 42.7 Å². The lowest BCUT2D eigenvalue weighted by Gasteiger charge is -2.13. The highest BCUT2D eigenvalue weighted by atomic mass is 19.4. The molecule has 1 amide bonds. The molecule has 0 aliphatic carbocycles. The lowest BCUT2D eigenvalue weighted by molar-refractivity contribution is -0.141. The summed E-state index contributed by atoms with van der Waals surface area (Å²) < 4.78 is 37.1. The second-order valence-electron chi connectivity index (χ2n) is 4.51. The van der Waals surface area contributed by atoms with Gasteiger partial charge in [0.05, 0.1) is 0 Å². The number of H-pyrrole nitrogens is 1. The van der Waals surface area contributed by atoms with Crippen molar-refractivity contribution < 1.29 is 18.0 Å². The zero-order valence-electron chi connectivity index (χ0n) is 11.3. The minimum absolute atomic E-state index is 0.285. The van der Waals surface area contributed by atoms with Crippen molar-refractivity contribution in [3.8, 4) is 0 Å². The number of nitrogens with one attached hydrogen (secondary N) is 2. The lowest BCUT2D eigenvalue weighted by Crippen LogP contribution is -2.33. The summed E-state index contributed by atoms with van der Waals surface area (Å²) in [7, 11) is 0. The van der Waals surface area contributed by atoms with E-state index in [2.05, 4.69) is 5.32 Å². The summed E-state index contributed by atoms with van der Waals surface area (Å²) in [5.74, 6) is -0.376. The topological polar surface area (TPSA) is 62.0 Å². The van der Waals surface area contributed by atoms with Crippen LogP contribution in [-0.2, 0) is 6.18 Å². The summed E-state index contributed by atoms with van der Waals surface area (Å²) in [6, 6.07) is 1.58. The highest BCUT2D eigenvalue weighted by Crippen LogP contribution is 2.26. The van der Waals surface area contributed by atoms with Crippen LogP contribution in [-0.4, -0.2) is 17.4 Å². The maximum absolute atomic E-state index is 12.4. The molecule has 0 spiro atoms. The van der Waals surface area contributed by atoms with Crippen molar-refractivity contribution in [1.82, 2.24) is 10.3 Å². The Labute approximate surface area is 114 Å². The van der Waals surface area contributed by atoms with E-state index in [1.807, 2.05) is 13.8 Å². The van der Waals surface area contributed by atoms with Gasteiger partial charge < -0.3 is 10.3 Å². The number of rotatable bonds is 5. The van der Waals surface area contributed by atoms with Gasteiger partial charge in [0, 0.05) is 6.54 Å². The van der Waals surface area contributed by atoms with Gasteiger partial charge in [0.2, 0.25) is 0 Å². The van der Waals surface area contributed by atoms with Gasteiger partial charge in [0.15, 0.2) is 0 Å². The van der Waals surface area contributed by atoms with Crippen molar-refractivity contribution in [2.75, 3.05) is 6.54 Å². The van der Waals surface area contributed by atoms with Crippen LogP contribution < -0.4 is 10.9 Å². The minimum Gasteiger partial charge on any atom is -0.352 e. The van der Waals surface area contributed by atoms with E-state index in [0.29, 0.717) is 12.6 Å². The van der Waals surface area contributed by atoms with Gasteiger partial charge in [-0.25, -0.2) is 0 Å². The highest BCUT2D eigenvalue weighted by Gasteiger charge is 2.32. The zero-order valence-corrected chi connectivity index (χ0v) is 11.3. The standard InChI is InChI=1S/C13H17F3N2O2/c1-3-8(4-2)7-17-11(19)9-5-6-10(13(14,15)16)18-12(9)20/h5-6,8H,3-4,7H2,1-2H3,(H,17,19)(H,18,20). The van der Waals surface area contributed by atoms with E-state index in [4.69, 9.17) is 0 Å². The number of carbonyl (C=O) groups is 1. The molecular formula is C13H17F3N2O2. The van der Waals surface area contributed by atoms with Gasteiger partial charge in [-0.05, 0) is 18.1 Å². The number of alkyl halides is 3. The van der Waals surface area contributed by atoms with Crippen LogP contribution in [0.4, 0.5) is 13.2 Å². The Bertz CT molecular complexity index is 519. The molecule has 20 heavy (non-hydrogen) atoms. The minimum atomic E-state index is -4.64. The molecule has 1 heterocycles. The first-order chi connectivity index (χ1) is 9.29. The van der Waals surface area contributed by atoms with E-state index in [0.717, 1.165) is 18.9 Å².